The van der Waals surface area contributed by atoms with Crippen molar-refractivity contribution >= 4 is 12.0 Å². The summed E-state index contributed by atoms with van der Waals surface area (Å²) >= 11 is 0. The molecule has 0 saturated heterocycles. The number of rotatable bonds is 6. The molecule has 1 heterocycles. The monoisotopic (exact) mass is 339 g/mol. The third kappa shape index (κ3) is 4.47. The topological polar surface area (TPSA) is 92.3 Å². The maximum atomic E-state index is 13.7. The van der Waals surface area contributed by atoms with Crippen LogP contribution in [0.5, 0.6) is 5.75 Å². The van der Waals surface area contributed by atoms with Gasteiger partial charge in [-0.3, -0.25) is 5.43 Å². The minimum atomic E-state index is -0.575. The number of para-hydroxylation sites is 1. The molecule has 0 unspecified atom stereocenters. The zero-order chi connectivity index (χ0) is 17.5. The van der Waals surface area contributed by atoms with Crippen molar-refractivity contribution in [2.45, 2.75) is 6.61 Å². The Labute approximate surface area is 142 Å². The number of aromatic amines is 1. The molecule has 0 aliphatic carbocycles. The van der Waals surface area contributed by atoms with Gasteiger partial charge < -0.3 is 4.74 Å². The minimum absolute atomic E-state index is 0.102. The lowest BCUT2D eigenvalue weighted by atomic mass is 10.2. The van der Waals surface area contributed by atoms with Gasteiger partial charge in [0.05, 0.1) is 12.4 Å². The van der Waals surface area contributed by atoms with Crippen LogP contribution in [0.4, 0.5) is 10.2 Å². The Morgan fingerprint density at radius 3 is 2.84 bits per heavy atom. The van der Waals surface area contributed by atoms with Crippen molar-refractivity contribution in [1.29, 1.82) is 0 Å². The summed E-state index contributed by atoms with van der Waals surface area (Å²) in [6, 6.07) is 13.6. The molecule has 0 fully saturated rings. The van der Waals surface area contributed by atoms with Crippen molar-refractivity contribution in [1.82, 2.24) is 15.2 Å². The number of nitrogens with one attached hydrogen (secondary N) is 2. The molecule has 2 N–H and O–H groups in total. The van der Waals surface area contributed by atoms with Gasteiger partial charge >= 0.3 is 5.69 Å². The highest BCUT2D eigenvalue weighted by Gasteiger charge is 2.04. The lowest BCUT2D eigenvalue weighted by Gasteiger charge is -2.09. The second kappa shape index (κ2) is 7.82. The smallest absolute Gasteiger partial charge is 0.363 e. The van der Waals surface area contributed by atoms with E-state index in [4.69, 9.17) is 4.74 Å². The van der Waals surface area contributed by atoms with Crippen LogP contribution < -0.4 is 15.9 Å². The van der Waals surface area contributed by atoms with Crippen LogP contribution in [0.1, 0.15) is 11.1 Å². The van der Waals surface area contributed by atoms with Gasteiger partial charge in [-0.15, -0.1) is 0 Å². The lowest BCUT2D eigenvalue weighted by Crippen LogP contribution is -2.13. The van der Waals surface area contributed by atoms with Gasteiger partial charge in [0.15, 0.2) is 5.82 Å². The molecule has 3 aromatic rings. The first-order valence-electron chi connectivity index (χ1n) is 7.38. The molecule has 1 aromatic heterocycles. The zero-order valence-electron chi connectivity index (χ0n) is 13.0. The van der Waals surface area contributed by atoms with Crippen molar-refractivity contribution in [2.75, 3.05) is 5.43 Å². The molecule has 0 saturated carbocycles. The molecule has 126 valence electrons. The number of halogens is 1. The highest BCUT2D eigenvalue weighted by molar-refractivity contribution is 5.83. The Hall–Kier alpha value is -3.55. The number of anilines is 1. The van der Waals surface area contributed by atoms with Gasteiger partial charge in [-0.2, -0.15) is 15.2 Å². The maximum Gasteiger partial charge on any atom is 0.363 e. The summed E-state index contributed by atoms with van der Waals surface area (Å²) < 4.78 is 19.3. The average Bonchev–Trinajstić information content (AvgIpc) is 2.62. The highest BCUT2D eigenvalue weighted by atomic mass is 19.1. The SMILES string of the molecule is O=c1nc(N/N=C/c2ccccc2OCc2ccccc2F)cn[nH]1. The molecule has 2 aromatic carbocycles. The molecule has 0 amide bonds. The summed E-state index contributed by atoms with van der Waals surface area (Å²) in [5, 5.41) is 9.77. The van der Waals surface area contributed by atoms with Crippen LogP contribution in [0.25, 0.3) is 0 Å². The molecule has 7 nitrogen and oxygen atoms in total. The van der Waals surface area contributed by atoms with Crippen LogP contribution in [0.2, 0.25) is 0 Å². The van der Waals surface area contributed by atoms with Crippen molar-refractivity contribution in [2.24, 2.45) is 5.10 Å². The fourth-order valence-corrected chi connectivity index (χ4v) is 2.02. The molecule has 0 aliphatic rings. The number of benzene rings is 2. The Morgan fingerprint density at radius 1 is 1.20 bits per heavy atom. The zero-order valence-corrected chi connectivity index (χ0v) is 13.0. The Morgan fingerprint density at radius 2 is 2.00 bits per heavy atom. The number of H-pyrrole nitrogens is 1. The largest absolute Gasteiger partial charge is 0.488 e. The fraction of sp³-hybridized carbons (Fsp3) is 0.0588. The maximum absolute atomic E-state index is 13.7. The first kappa shape index (κ1) is 16.3. The van der Waals surface area contributed by atoms with Crippen molar-refractivity contribution in [3.63, 3.8) is 0 Å². The van der Waals surface area contributed by atoms with Gasteiger partial charge in [0.2, 0.25) is 0 Å². The molecule has 0 radical (unpaired) electrons. The van der Waals surface area contributed by atoms with Crippen LogP contribution >= 0.6 is 0 Å². The molecule has 0 spiro atoms. The molecular formula is C17H14FN5O2. The van der Waals surface area contributed by atoms with Gasteiger partial charge in [-0.25, -0.2) is 14.3 Å². The first-order chi connectivity index (χ1) is 12.2. The molecule has 0 atom stereocenters. The van der Waals surface area contributed by atoms with Gasteiger partial charge in [0.25, 0.3) is 0 Å². The number of hydrogen-bond acceptors (Lipinski definition) is 6. The molecular weight excluding hydrogens is 325 g/mol. The normalized spacial score (nSPS) is 10.8. The standard InChI is InChI=1S/C17H14FN5O2/c18-14-7-3-1-6-13(14)11-25-15-8-4-2-5-12(15)9-19-22-16-10-20-23-17(24)21-16/h1-10H,11H2,(H2,21,22,23,24)/b19-9+. The molecule has 0 aliphatic heterocycles. The molecule has 8 heteroatoms. The van der Waals surface area contributed by atoms with Crippen LogP contribution in [0, 0.1) is 5.82 Å². The third-order valence-electron chi connectivity index (χ3n) is 3.21. The van der Waals surface area contributed by atoms with Gasteiger partial charge in [-0.05, 0) is 18.2 Å². The van der Waals surface area contributed by atoms with Crippen LogP contribution in [0.3, 0.4) is 0 Å². The predicted octanol–water partition coefficient (Wildman–Crippen LogP) is 2.33. The summed E-state index contributed by atoms with van der Waals surface area (Å²) in [6.45, 7) is 0.102. The lowest BCUT2D eigenvalue weighted by molar-refractivity contribution is 0.299. The fourth-order valence-electron chi connectivity index (χ4n) is 2.02. The van der Waals surface area contributed by atoms with E-state index in [9.17, 15) is 9.18 Å². The van der Waals surface area contributed by atoms with E-state index in [0.717, 1.165) is 0 Å². The Balaban J connectivity index is 1.69. The van der Waals surface area contributed by atoms with E-state index in [1.807, 2.05) is 12.1 Å². The Kier molecular flexibility index (Phi) is 5.10. The summed E-state index contributed by atoms with van der Waals surface area (Å²) in [5.41, 5.74) is 3.18. The summed E-state index contributed by atoms with van der Waals surface area (Å²) in [5.74, 6) is 0.446. The third-order valence-corrected chi connectivity index (χ3v) is 3.21. The van der Waals surface area contributed by atoms with E-state index >= 15 is 0 Å². The van der Waals surface area contributed by atoms with Crippen LogP contribution in [-0.4, -0.2) is 21.4 Å². The van der Waals surface area contributed by atoms with Crippen LogP contribution in [0.15, 0.2) is 64.6 Å². The van der Waals surface area contributed by atoms with Gasteiger partial charge in [0.1, 0.15) is 18.2 Å². The average molecular weight is 339 g/mol. The van der Waals surface area contributed by atoms with E-state index in [1.54, 1.807) is 30.3 Å². The first-order valence-corrected chi connectivity index (χ1v) is 7.38. The van der Waals surface area contributed by atoms with Crippen molar-refractivity contribution in [3.05, 3.63) is 82.2 Å². The van der Waals surface area contributed by atoms with E-state index in [1.165, 1.54) is 18.5 Å². The van der Waals surface area contributed by atoms with E-state index in [0.29, 0.717) is 16.9 Å². The number of hydrazone groups is 1. The summed E-state index contributed by atoms with van der Waals surface area (Å²) in [6.07, 6.45) is 2.85. The number of hydrogen-bond donors (Lipinski definition) is 2. The van der Waals surface area contributed by atoms with Gasteiger partial charge in [-0.1, -0.05) is 30.3 Å². The molecule has 3 rings (SSSR count). The van der Waals surface area contributed by atoms with Crippen LogP contribution in [-0.2, 0) is 6.61 Å². The van der Waals surface area contributed by atoms with E-state index < -0.39 is 5.69 Å². The molecule has 25 heavy (non-hydrogen) atoms. The van der Waals surface area contributed by atoms with Crippen molar-refractivity contribution in [3.8, 4) is 5.75 Å². The van der Waals surface area contributed by atoms with Crippen molar-refractivity contribution < 1.29 is 9.13 Å². The van der Waals surface area contributed by atoms with E-state index in [-0.39, 0.29) is 18.2 Å². The molecule has 0 bridgehead atoms. The van der Waals surface area contributed by atoms with E-state index in [2.05, 4.69) is 25.7 Å². The second-order valence-electron chi connectivity index (χ2n) is 4.96. The minimum Gasteiger partial charge on any atom is -0.488 e. The number of ether oxygens (including phenoxy) is 1. The van der Waals surface area contributed by atoms with Gasteiger partial charge in [0, 0.05) is 11.1 Å². The quantitative estimate of drug-likeness (QED) is 0.531. The second-order valence-corrected chi connectivity index (χ2v) is 4.96. The summed E-state index contributed by atoms with van der Waals surface area (Å²) in [7, 11) is 0. The number of nitrogens with zero attached hydrogens (tertiary/aromatic N) is 3. The predicted molar refractivity (Wildman–Crippen MR) is 91.0 cm³/mol. The number of aromatic nitrogens is 3. The summed E-state index contributed by atoms with van der Waals surface area (Å²) in [4.78, 5) is 14.7. The highest BCUT2D eigenvalue weighted by Crippen LogP contribution is 2.18. The Bertz CT molecular complexity index is 942.